The summed E-state index contributed by atoms with van der Waals surface area (Å²) in [6.45, 7) is 0.815. The summed E-state index contributed by atoms with van der Waals surface area (Å²) in [5, 5.41) is 2.94. The molecule has 2 aromatic rings. The normalized spacial score (nSPS) is 15.8. The van der Waals surface area contributed by atoms with Crippen LogP contribution in [0.4, 0.5) is 0 Å². The third-order valence-electron chi connectivity index (χ3n) is 3.45. The van der Waals surface area contributed by atoms with Crippen molar-refractivity contribution in [2.45, 2.75) is 25.3 Å². The Morgan fingerprint density at radius 2 is 2.28 bits per heavy atom. The van der Waals surface area contributed by atoms with Crippen molar-refractivity contribution < 1.29 is 4.79 Å². The van der Waals surface area contributed by atoms with Gasteiger partial charge in [-0.25, -0.2) is 0 Å². The summed E-state index contributed by atoms with van der Waals surface area (Å²) in [6, 6.07) is 4.61. The lowest BCUT2D eigenvalue weighted by molar-refractivity contribution is 0.0604. The number of rotatable bonds is 4. The van der Waals surface area contributed by atoms with Crippen LogP contribution in [0.15, 0.2) is 17.5 Å². The number of hydrogen-bond donors (Lipinski definition) is 0. The Morgan fingerprint density at radius 3 is 2.89 bits per heavy atom. The zero-order chi connectivity index (χ0) is 12.5. The summed E-state index contributed by atoms with van der Waals surface area (Å²) < 4.78 is 2.46. The molecule has 2 heterocycles. The molecule has 2 aromatic heterocycles. The molecule has 0 unspecified atom stereocenters. The van der Waals surface area contributed by atoms with Gasteiger partial charge in [0.15, 0.2) is 0 Å². The maximum absolute atomic E-state index is 12.6. The van der Waals surface area contributed by atoms with E-state index in [-0.39, 0.29) is 5.91 Å². The molecule has 0 saturated heterocycles. The van der Waals surface area contributed by atoms with E-state index >= 15 is 0 Å². The molecule has 2 nitrogen and oxygen atoms in total. The van der Waals surface area contributed by atoms with Gasteiger partial charge in [0.2, 0.25) is 0 Å². The zero-order valence-electron chi connectivity index (χ0n) is 9.89. The molecule has 1 aliphatic carbocycles. The van der Waals surface area contributed by atoms with Gasteiger partial charge in [-0.15, -0.1) is 22.7 Å². The summed E-state index contributed by atoms with van der Waals surface area (Å²) in [7, 11) is 0. The minimum atomic E-state index is 0.215. The molecule has 0 radical (unpaired) electrons. The second-order valence-electron chi connectivity index (χ2n) is 4.53. The number of amides is 1. The predicted octanol–water partition coefficient (Wildman–Crippen LogP) is 4.35. The van der Waals surface area contributed by atoms with Crippen LogP contribution < -0.4 is 0 Å². The molecular weight excluding hydrogens is 330 g/mol. The molecule has 1 fully saturated rings. The van der Waals surface area contributed by atoms with Gasteiger partial charge in [-0.3, -0.25) is 4.79 Å². The van der Waals surface area contributed by atoms with Crippen LogP contribution in [-0.2, 0) is 0 Å². The molecule has 1 aliphatic rings. The predicted molar refractivity (Wildman–Crippen MR) is 82.2 cm³/mol. The van der Waals surface area contributed by atoms with Crippen molar-refractivity contribution >= 4 is 53.9 Å². The van der Waals surface area contributed by atoms with E-state index in [0.717, 1.165) is 16.8 Å². The monoisotopic (exact) mass is 343 g/mol. The quantitative estimate of drug-likeness (QED) is 0.755. The molecule has 5 heteroatoms. The first-order valence-corrected chi connectivity index (χ1v) is 8.95. The lowest BCUT2D eigenvalue weighted by Crippen LogP contribution is -2.44. The van der Waals surface area contributed by atoms with Crippen LogP contribution in [-0.4, -0.2) is 28.7 Å². The summed E-state index contributed by atoms with van der Waals surface area (Å²) >= 11 is 6.78. The van der Waals surface area contributed by atoms with E-state index in [1.807, 2.05) is 11.0 Å². The highest BCUT2D eigenvalue weighted by molar-refractivity contribution is 9.09. The molecule has 3 rings (SSSR count). The molecule has 1 saturated carbocycles. The lowest BCUT2D eigenvalue weighted by atomic mass is 9.91. The third kappa shape index (κ3) is 2.24. The number of nitrogens with zero attached hydrogens (tertiary/aromatic N) is 1. The van der Waals surface area contributed by atoms with Crippen LogP contribution in [0.3, 0.4) is 0 Å². The Morgan fingerprint density at radius 1 is 1.44 bits per heavy atom. The third-order valence-corrected chi connectivity index (χ3v) is 5.89. The van der Waals surface area contributed by atoms with Crippen molar-refractivity contribution in [3.05, 3.63) is 22.4 Å². The molecule has 0 aromatic carbocycles. The van der Waals surface area contributed by atoms with Gasteiger partial charge < -0.3 is 4.90 Å². The van der Waals surface area contributed by atoms with Crippen LogP contribution in [0, 0.1) is 0 Å². The van der Waals surface area contributed by atoms with Gasteiger partial charge >= 0.3 is 0 Å². The SMILES string of the molecule is O=C(c1cc2sccc2s1)N(CCBr)C1CCC1. The van der Waals surface area contributed by atoms with E-state index in [9.17, 15) is 4.79 Å². The first kappa shape index (κ1) is 12.6. The highest BCUT2D eigenvalue weighted by atomic mass is 79.9. The average molecular weight is 344 g/mol. The number of carbonyl (C=O) groups excluding carboxylic acids is 1. The largest absolute Gasteiger partial charge is 0.334 e. The molecule has 96 valence electrons. The van der Waals surface area contributed by atoms with Gasteiger partial charge in [0.1, 0.15) is 0 Å². The minimum Gasteiger partial charge on any atom is -0.334 e. The van der Waals surface area contributed by atoms with Crippen molar-refractivity contribution in [2.75, 3.05) is 11.9 Å². The van der Waals surface area contributed by atoms with Gasteiger partial charge in [0, 0.05) is 27.3 Å². The van der Waals surface area contributed by atoms with E-state index in [2.05, 4.69) is 27.4 Å². The maximum atomic E-state index is 12.6. The average Bonchev–Trinajstić information content (AvgIpc) is 2.84. The van der Waals surface area contributed by atoms with E-state index in [1.165, 1.54) is 28.7 Å². The first-order chi connectivity index (χ1) is 8.79. The summed E-state index contributed by atoms with van der Waals surface area (Å²) in [6.07, 6.45) is 3.59. The van der Waals surface area contributed by atoms with Gasteiger partial charge in [-0.1, -0.05) is 15.9 Å². The number of fused-ring (bicyclic) bond motifs is 1. The molecule has 1 amide bonds. The summed E-state index contributed by atoms with van der Waals surface area (Å²) in [5.74, 6) is 0.215. The van der Waals surface area contributed by atoms with Crippen molar-refractivity contribution in [2.24, 2.45) is 0 Å². The summed E-state index contributed by atoms with van der Waals surface area (Å²) in [4.78, 5) is 15.5. The maximum Gasteiger partial charge on any atom is 0.264 e. The molecule has 0 atom stereocenters. The molecular formula is C13H14BrNOS2. The Labute approximate surface area is 123 Å². The van der Waals surface area contributed by atoms with Crippen LogP contribution in [0.25, 0.3) is 9.40 Å². The fourth-order valence-electron chi connectivity index (χ4n) is 2.25. The van der Waals surface area contributed by atoms with Gasteiger partial charge in [-0.2, -0.15) is 0 Å². The van der Waals surface area contributed by atoms with Crippen molar-refractivity contribution in [1.82, 2.24) is 4.90 Å². The summed E-state index contributed by atoms with van der Waals surface area (Å²) in [5.41, 5.74) is 0. The second-order valence-corrected chi connectivity index (χ2v) is 7.36. The van der Waals surface area contributed by atoms with Crippen LogP contribution >= 0.6 is 38.6 Å². The Balaban J connectivity index is 1.84. The molecule has 0 aliphatic heterocycles. The number of halogens is 1. The topological polar surface area (TPSA) is 20.3 Å². The molecule has 0 spiro atoms. The van der Waals surface area contributed by atoms with Gasteiger partial charge in [-0.05, 0) is 36.8 Å². The van der Waals surface area contributed by atoms with E-state index in [1.54, 1.807) is 22.7 Å². The Kier molecular flexibility index (Phi) is 3.73. The van der Waals surface area contributed by atoms with Crippen molar-refractivity contribution in [3.8, 4) is 0 Å². The fourth-order valence-corrected chi connectivity index (χ4v) is 4.70. The number of thiophene rings is 2. The first-order valence-electron chi connectivity index (χ1n) is 6.13. The lowest BCUT2D eigenvalue weighted by Gasteiger charge is -2.37. The minimum absolute atomic E-state index is 0.215. The van der Waals surface area contributed by atoms with Crippen LogP contribution in [0.5, 0.6) is 0 Å². The van der Waals surface area contributed by atoms with Crippen LogP contribution in [0.1, 0.15) is 28.9 Å². The van der Waals surface area contributed by atoms with E-state index < -0.39 is 0 Å². The number of alkyl halides is 1. The van der Waals surface area contributed by atoms with E-state index in [0.29, 0.717) is 6.04 Å². The number of hydrogen-bond acceptors (Lipinski definition) is 3. The fraction of sp³-hybridized carbons (Fsp3) is 0.462. The van der Waals surface area contributed by atoms with Gasteiger partial charge in [0.05, 0.1) is 4.88 Å². The van der Waals surface area contributed by atoms with Crippen molar-refractivity contribution in [3.63, 3.8) is 0 Å². The van der Waals surface area contributed by atoms with Crippen molar-refractivity contribution in [1.29, 1.82) is 0 Å². The highest BCUT2D eigenvalue weighted by Crippen LogP contribution is 2.33. The molecule has 0 N–H and O–H groups in total. The number of carbonyl (C=O) groups is 1. The Hall–Kier alpha value is -0.390. The smallest absolute Gasteiger partial charge is 0.264 e. The standard InChI is InChI=1S/C13H14BrNOS2/c14-5-6-15(9-2-1-3-9)13(16)12-8-11-10(18-12)4-7-17-11/h4,7-9H,1-3,5-6H2. The molecule has 18 heavy (non-hydrogen) atoms. The molecule has 0 bridgehead atoms. The Bertz CT molecular complexity index is 530. The van der Waals surface area contributed by atoms with E-state index in [4.69, 9.17) is 0 Å². The van der Waals surface area contributed by atoms with Crippen LogP contribution in [0.2, 0.25) is 0 Å². The highest BCUT2D eigenvalue weighted by Gasteiger charge is 2.29. The zero-order valence-corrected chi connectivity index (χ0v) is 13.1. The van der Waals surface area contributed by atoms with Gasteiger partial charge in [0.25, 0.3) is 5.91 Å². The second kappa shape index (κ2) is 5.31.